The molecule has 0 saturated heterocycles. The van der Waals surface area contributed by atoms with Crippen LogP contribution < -0.4 is 0 Å². The van der Waals surface area contributed by atoms with Gasteiger partial charge in [-0.1, -0.05) is 22.9 Å². The van der Waals surface area contributed by atoms with Crippen molar-refractivity contribution in [1.29, 1.82) is 0 Å². The van der Waals surface area contributed by atoms with Gasteiger partial charge in [-0.3, -0.25) is 4.99 Å². The fourth-order valence-electron chi connectivity index (χ4n) is 1.69. The number of para-hydroxylation sites is 1. The van der Waals surface area contributed by atoms with Crippen LogP contribution in [-0.4, -0.2) is 27.9 Å². The summed E-state index contributed by atoms with van der Waals surface area (Å²) in [6.45, 7) is 1.98. The molecule has 2 aromatic rings. The summed E-state index contributed by atoms with van der Waals surface area (Å²) in [4.78, 5) is 4.23. The Kier molecular flexibility index (Phi) is 3.54. The van der Waals surface area contributed by atoms with Crippen LogP contribution in [0.4, 0.5) is 0 Å². The summed E-state index contributed by atoms with van der Waals surface area (Å²) in [5.74, 6) is 3.34. The monoisotopic (exact) mass is 238 g/mol. The first kappa shape index (κ1) is 12.1. The maximum Gasteiger partial charge on any atom is 0.150 e. The third kappa shape index (κ3) is 2.30. The van der Waals surface area contributed by atoms with E-state index in [1.54, 1.807) is 11.7 Å². The number of allylic oxidation sites excluding steroid dienone is 2. The molecule has 0 aliphatic heterocycles. The largest absolute Gasteiger partial charge is 0.270 e. The SMILES string of the molecule is C#CC/C(C)=C/C(=N\C)n1nnc2ccccc21. The zero-order valence-electron chi connectivity index (χ0n) is 10.5. The Morgan fingerprint density at radius 1 is 1.50 bits per heavy atom. The molecule has 0 spiro atoms. The maximum atomic E-state index is 5.29. The van der Waals surface area contributed by atoms with Crippen molar-refractivity contribution in [3.8, 4) is 12.3 Å². The molecule has 1 heterocycles. The Bertz CT molecular complexity index is 656. The van der Waals surface area contributed by atoms with Crippen molar-refractivity contribution in [3.63, 3.8) is 0 Å². The Morgan fingerprint density at radius 2 is 2.28 bits per heavy atom. The maximum absolute atomic E-state index is 5.29. The van der Waals surface area contributed by atoms with Gasteiger partial charge in [-0.25, -0.2) is 0 Å². The van der Waals surface area contributed by atoms with Gasteiger partial charge < -0.3 is 0 Å². The fourth-order valence-corrected chi connectivity index (χ4v) is 1.69. The van der Waals surface area contributed by atoms with E-state index in [0.29, 0.717) is 6.42 Å². The van der Waals surface area contributed by atoms with E-state index >= 15 is 0 Å². The van der Waals surface area contributed by atoms with Crippen molar-refractivity contribution < 1.29 is 0 Å². The van der Waals surface area contributed by atoms with Crippen LogP contribution in [0.15, 0.2) is 40.9 Å². The van der Waals surface area contributed by atoms with Crippen LogP contribution in [0.2, 0.25) is 0 Å². The number of terminal acetylenes is 1. The molecule has 0 atom stereocenters. The lowest BCUT2D eigenvalue weighted by molar-refractivity contribution is 0.861. The standard InChI is InChI=1S/C14H14N4/c1-4-7-11(2)10-14(15-3)18-13-9-6-5-8-12(13)16-17-18/h1,5-6,8-10H,7H2,2-3H3/b11-10+,15-14+. The van der Waals surface area contributed by atoms with Gasteiger partial charge in [0.15, 0.2) is 5.84 Å². The van der Waals surface area contributed by atoms with Gasteiger partial charge in [-0.2, -0.15) is 4.68 Å². The van der Waals surface area contributed by atoms with Gasteiger partial charge in [0.25, 0.3) is 0 Å². The highest BCUT2D eigenvalue weighted by atomic mass is 15.4. The lowest BCUT2D eigenvalue weighted by Gasteiger charge is -2.02. The molecule has 18 heavy (non-hydrogen) atoms. The summed E-state index contributed by atoms with van der Waals surface area (Å²) in [5.41, 5.74) is 2.85. The van der Waals surface area contributed by atoms with Crippen LogP contribution in [0.25, 0.3) is 11.0 Å². The second-order valence-electron chi connectivity index (χ2n) is 3.94. The Morgan fingerprint density at radius 3 is 3.00 bits per heavy atom. The van der Waals surface area contributed by atoms with Crippen molar-refractivity contribution in [2.75, 3.05) is 7.05 Å². The number of nitrogens with zero attached hydrogens (tertiary/aromatic N) is 4. The Balaban J connectivity index is 2.47. The van der Waals surface area contributed by atoms with Crippen molar-refractivity contribution in [3.05, 3.63) is 35.9 Å². The molecular formula is C14H14N4. The van der Waals surface area contributed by atoms with E-state index in [1.165, 1.54) is 0 Å². The quantitative estimate of drug-likeness (QED) is 0.457. The number of rotatable bonds is 2. The number of hydrogen-bond donors (Lipinski definition) is 0. The minimum atomic E-state index is 0.603. The second kappa shape index (κ2) is 5.28. The first-order valence-corrected chi connectivity index (χ1v) is 5.64. The molecule has 1 aromatic carbocycles. The third-order valence-corrected chi connectivity index (χ3v) is 2.55. The summed E-state index contributed by atoms with van der Waals surface area (Å²) in [6.07, 6.45) is 7.82. The Hall–Kier alpha value is -2.41. The first-order chi connectivity index (χ1) is 8.76. The number of aliphatic imine (C=N–C) groups is 1. The number of fused-ring (bicyclic) bond motifs is 1. The molecule has 4 heteroatoms. The van der Waals surface area contributed by atoms with Gasteiger partial charge in [0.05, 0.1) is 5.52 Å². The van der Waals surface area contributed by atoms with E-state index in [1.807, 2.05) is 37.3 Å². The van der Waals surface area contributed by atoms with Gasteiger partial charge in [0.2, 0.25) is 0 Å². The molecule has 0 unspecified atom stereocenters. The topological polar surface area (TPSA) is 43.1 Å². The van der Waals surface area contributed by atoms with Crippen molar-refractivity contribution in [2.24, 2.45) is 4.99 Å². The predicted octanol–water partition coefficient (Wildman–Crippen LogP) is 2.28. The molecular weight excluding hydrogens is 224 g/mol. The lowest BCUT2D eigenvalue weighted by Crippen LogP contribution is -2.11. The normalized spacial score (nSPS) is 12.7. The van der Waals surface area contributed by atoms with Gasteiger partial charge in [0, 0.05) is 13.5 Å². The summed E-state index contributed by atoms with van der Waals surface area (Å²) in [6, 6.07) is 7.77. The van der Waals surface area contributed by atoms with Crippen LogP contribution in [-0.2, 0) is 0 Å². The fraction of sp³-hybridized carbons (Fsp3) is 0.214. The zero-order chi connectivity index (χ0) is 13.0. The van der Waals surface area contributed by atoms with Gasteiger partial charge >= 0.3 is 0 Å². The molecule has 0 fully saturated rings. The molecule has 0 saturated carbocycles. The first-order valence-electron chi connectivity index (χ1n) is 5.64. The van der Waals surface area contributed by atoms with Crippen LogP contribution in [0, 0.1) is 12.3 Å². The molecule has 4 nitrogen and oxygen atoms in total. The van der Waals surface area contributed by atoms with E-state index in [4.69, 9.17) is 6.42 Å². The minimum absolute atomic E-state index is 0.603. The van der Waals surface area contributed by atoms with E-state index in [0.717, 1.165) is 22.4 Å². The molecule has 0 aliphatic rings. The summed E-state index contributed by atoms with van der Waals surface area (Å²) in [7, 11) is 1.73. The zero-order valence-corrected chi connectivity index (χ0v) is 10.5. The average Bonchev–Trinajstić information content (AvgIpc) is 2.80. The lowest BCUT2D eigenvalue weighted by atomic mass is 10.2. The van der Waals surface area contributed by atoms with Crippen LogP contribution in [0.3, 0.4) is 0 Å². The molecule has 0 radical (unpaired) electrons. The van der Waals surface area contributed by atoms with Crippen LogP contribution in [0.1, 0.15) is 13.3 Å². The second-order valence-corrected chi connectivity index (χ2v) is 3.94. The van der Waals surface area contributed by atoms with E-state index in [2.05, 4.69) is 21.2 Å². The molecule has 0 amide bonds. The highest BCUT2D eigenvalue weighted by Crippen LogP contribution is 2.11. The van der Waals surface area contributed by atoms with Crippen LogP contribution >= 0.6 is 0 Å². The highest BCUT2D eigenvalue weighted by Gasteiger charge is 2.07. The van der Waals surface area contributed by atoms with E-state index < -0.39 is 0 Å². The molecule has 2 rings (SSSR count). The summed E-state index contributed by atoms with van der Waals surface area (Å²) >= 11 is 0. The summed E-state index contributed by atoms with van der Waals surface area (Å²) < 4.78 is 1.72. The van der Waals surface area contributed by atoms with E-state index in [-0.39, 0.29) is 0 Å². The molecule has 90 valence electrons. The third-order valence-electron chi connectivity index (χ3n) is 2.55. The number of aromatic nitrogens is 3. The van der Waals surface area contributed by atoms with E-state index in [9.17, 15) is 0 Å². The van der Waals surface area contributed by atoms with Gasteiger partial charge in [-0.15, -0.1) is 17.4 Å². The Labute approximate surface area is 106 Å². The number of benzene rings is 1. The van der Waals surface area contributed by atoms with Crippen molar-refractivity contribution >= 4 is 16.9 Å². The minimum Gasteiger partial charge on any atom is -0.270 e. The molecule has 0 N–H and O–H groups in total. The average molecular weight is 238 g/mol. The van der Waals surface area contributed by atoms with Gasteiger partial charge in [-0.05, 0) is 25.1 Å². The molecule has 1 aromatic heterocycles. The smallest absolute Gasteiger partial charge is 0.150 e. The number of hydrogen-bond acceptors (Lipinski definition) is 3. The predicted molar refractivity (Wildman–Crippen MR) is 73.5 cm³/mol. The summed E-state index contributed by atoms with van der Waals surface area (Å²) in [5, 5.41) is 8.22. The molecule has 0 aliphatic carbocycles. The molecule has 0 bridgehead atoms. The van der Waals surface area contributed by atoms with Crippen LogP contribution in [0.5, 0.6) is 0 Å². The van der Waals surface area contributed by atoms with Crippen molar-refractivity contribution in [2.45, 2.75) is 13.3 Å². The highest BCUT2D eigenvalue weighted by molar-refractivity contribution is 5.99. The van der Waals surface area contributed by atoms with Gasteiger partial charge in [0.1, 0.15) is 5.52 Å². The van der Waals surface area contributed by atoms with Crippen molar-refractivity contribution in [1.82, 2.24) is 15.0 Å².